The van der Waals surface area contributed by atoms with Gasteiger partial charge in [-0.05, 0) is 30.3 Å². The maximum atomic E-state index is 13.2. The van der Waals surface area contributed by atoms with Crippen LogP contribution >= 0.6 is 0 Å². The minimum Gasteiger partial charge on any atom is -0.478 e. The number of fused-ring (bicyclic) bond motifs is 1. The van der Waals surface area contributed by atoms with Gasteiger partial charge in [-0.25, -0.2) is 14.2 Å². The minimum absolute atomic E-state index is 0.182. The molecule has 4 nitrogen and oxygen atoms in total. The molecule has 0 aliphatic rings. The first-order valence-corrected chi connectivity index (χ1v) is 6.85. The second-order valence-corrected chi connectivity index (χ2v) is 4.83. The number of aromatic carboxylic acids is 1. The summed E-state index contributed by atoms with van der Waals surface area (Å²) in [5.41, 5.74) is 2.03. The van der Waals surface area contributed by atoms with E-state index < -0.39 is 5.97 Å². The Hall–Kier alpha value is -2.79. The molecular formula is C18H16FNO3. The van der Waals surface area contributed by atoms with Gasteiger partial charge >= 0.3 is 5.97 Å². The van der Waals surface area contributed by atoms with Crippen LogP contribution in [0.1, 0.15) is 10.4 Å². The molecule has 1 N–H and O–H groups in total. The van der Waals surface area contributed by atoms with Crippen LogP contribution < -0.4 is 0 Å². The van der Waals surface area contributed by atoms with Crippen molar-refractivity contribution >= 4 is 16.9 Å². The molecule has 23 heavy (non-hydrogen) atoms. The number of halogens is 1. The second kappa shape index (κ2) is 7.47. The fraction of sp³-hybridized carbons (Fsp3) is 0.111. The molecule has 0 saturated heterocycles. The van der Waals surface area contributed by atoms with Gasteiger partial charge in [0.2, 0.25) is 0 Å². The average molecular weight is 313 g/mol. The van der Waals surface area contributed by atoms with Crippen molar-refractivity contribution in [2.45, 2.75) is 0 Å². The largest absolute Gasteiger partial charge is 0.478 e. The SMILES string of the molecule is COC.O=C(O)c1ccc2ccc(-c3cccc(F)c3)nc2c1. The molecule has 0 bridgehead atoms. The summed E-state index contributed by atoms with van der Waals surface area (Å²) in [5.74, 6) is -1.33. The molecule has 0 aliphatic carbocycles. The molecule has 0 saturated carbocycles. The van der Waals surface area contributed by atoms with Crippen LogP contribution in [-0.2, 0) is 4.74 Å². The molecule has 0 radical (unpaired) electrons. The standard InChI is InChI=1S/C16H10FNO2.C2H6O/c17-13-3-1-2-11(8-13)14-7-6-10-4-5-12(16(19)20)9-15(10)18-14;1-3-2/h1-9H,(H,19,20);1-2H3. The van der Waals surface area contributed by atoms with Gasteiger partial charge in [-0.3, -0.25) is 0 Å². The van der Waals surface area contributed by atoms with Crippen LogP contribution in [0.15, 0.2) is 54.6 Å². The number of benzene rings is 2. The number of rotatable bonds is 2. The van der Waals surface area contributed by atoms with Crippen LogP contribution in [0, 0.1) is 5.82 Å². The topological polar surface area (TPSA) is 59.4 Å². The summed E-state index contributed by atoms with van der Waals surface area (Å²) >= 11 is 0. The van der Waals surface area contributed by atoms with Gasteiger partial charge in [0, 0.05) is 25.2 Å². The zero-order valence-corrected chi connectivity index (χ0v) is 12.8. The van der Waals surface area contributed by atoms with Crippen LogP contribution in [0.2, 0.25) is 0 Å². The van der Waals surface area contributed by atoms with E-state index in [1.54, 1.807) is 38.5 Å². The molecule has 3 rings (SSSR count). The normalized spacial score (nSPS) is 10.0. The Morgan fingerprint density at radius 2 is 1.78 bits per heavy atom. The molecule has 5 heteroatoms. The molecular weight excluding hydrogens is 297 g/mol. The molecule has 0 amide bonds. The van der Waals surface area contributed by atoms with Gasteiger partial charge in [0.05, 0.1) is 16.8 Å². The average Bonchev–Trinajstić information content (AvgIpc) is 2.54. The van der Waals surface area contributed by atoms with E-state index in [-0.39, 0.29) is 11.4 Å². The number of methoxy groups -OCH3 is 1. The van der Waals surface area contributed by atoms with Crippen molar-refractivity contribution in [3.63, 3.8) is 0 Å². The summed E-state index contributed by atoms with van der Waals surface area (Å²) in [7, 11) is 3.25. The van der Waals surface area contributed by atoms with E-state index in [4.69, 9.17) is 5.11 Å². The Bertz CT molecular complexity index is 833. The maximum absolute atomic E-state index is 13.2. The van der Waals surface area contributed by atoms with E-state index in [2.05, 4.69) is 9.72 Å². The summed E-state index contributed by atoms with van der Waals surface area (Å²) < 4.78 is 17.5. The summed E-state index contributed by atoms with van der Waals surface area (Å²) in [4.78, 5) is 15.4. The molecule has 2 aromatic carbocycles. The third-order valence-electron chi connectivity index (χ3n) is 3.06. The van der Waals surface area contributed by atoms with Gasteiger partial charge in [-0.15, -0.1) is 0 Å². The fourth-order valence-electron chi connectivity index (χ4n) is 2.06. The maximum Gasteiger partial charge on any atom is 0.335 e. The highest BCUT2D eigenvalue weighted by Gasteiger charge is 2.06. The first-order valence-electron chi connectivity index (χ1n) is 6.85. The smallest absolute Gasteiger partial charge is 0.335 e. The van der Waals surface area contributed by atoms with Crippen LogP contribution in [0.3, 0.4) is 0 Å². The highest BCUT2D eigenvalue weighted by molar-refractivity contribution is 5.93. The number of carboxylic acid groups (broad SMARTS) is 1. The number of pyridine rings is 1. The summed E-state index contributed by atoms with van der Waals surface area (Å²) in [6, 6.07) is 14.5. The Morgan fingerprint density at radius 1 is 1.09 bits per heavy atom. The Kier molecular flexibility index (Phi) is 5.38. The monoisotopic (exact) mass is 313 g/mol. The molecule has 0 atom stereocenters. The number of ether oxygens (including phenoxy) is 1. The van der Waals surface area contributed by atoms with Gasteiger partial charge in [0.15, 0.2) is 0 Å². The van der Waals surface area contributed by atoms with Crippen molar-refractivity contribution in [2.24, 2.45) is 0 Å². The van der Waals surface area contributed by atoms with Gasteiger partial charge in [0.25, 0.3) is 0 Å². The Labute approximate surface area is 133 Å². The molecule has 0 unspecified atom stereocenters. The molecule has 3 aromatic rings. The van der Waals surface area contributed by atoms with E-state index in [0.717, 1.165) is 5.39 Å². The quantitative estimate of drug-likeness (QED) is 0.777. The van der Waals surface area contributed by atoms with Gasteiger partial charge in [-0.1, -0.05) is 24.3 Å². The van der Waals surface area contributed by atoms with Crippen molar-refractivity contribution in [3.05, 3.63) is 66.0 Å². The number of carboxylic acids is 1. The summed E-state index contributed by atoms with van der Waals surface area (Å²) in [6.45, 7) is 0. The van der Waals surface area contributed by atoms with Gasteiger partial charge in [0.1, 0.15) is 5.82 Å². The van der Waals surface area contributed by atoms with E-state index >= 15 is 0 Å². The molecule has 0 aliphatic heterocycles. The first kappa shape index (κ1) is 16.6. The van der Waals surface area contributed by atoms with E-state index in [1.165, 1.54) is 24.3 Å². The van der Waals surface area contributed by atoms with Crippen LogP contribution in [0.25, 0.3) is 22.2 Å². The van der Waals surface area contributed by atoms with Crippen molar-refractivity contribution < 1.29 is 19.0 Å². The molecule has 0 spiro atoms. The summed E-state index contributed by atoms with van der Waals surface area (Å²) in [5, 5.41) is 9.83. The van der Waals surface area contributed by atoms with E-state index in [0.29, 0.717) is 16.8 Å². The fourth-order valence-corrected chi connectivity index (χ4v) is 2.06. The van der Waals surface area contributed by atoms with Gasteiger partial charge < -0.3 is 9.84 Å². The highest BCUT2D eigenvalue weighted by atomic mass is 19.1. The number of hydrogen-bond donors (Lipinski definition) is 1. The molecule has 1 heterocycles. The van der Waals surface area contributed by atoms with Crippen LogP contribution in [-0.4, -0.2) is 30.3 Å². The highest BCUT2D eigenvalue weighted by Crippen LogP contribution is 2.22. The minimum atomic E-state index is -0.996. The lowest BCUT2D eigenvalue weighted by molar-refractivity contribution is 0.0697. The first-order chi connectivity index (χ1) is 11.0. The van der Waals surface area contributed by atoms with Crippen molar-refractivity contribution in [3.8, 4) is 11.3 Å². The number of nitrogens with zero attached hydrogens (tertiary/aromatic N) is 1. The van der Waals surface area contributed by atoms with Crippen LogP contribution in [0.4, 0.5) is 4.39 Å². The Balaban J connectivity index is 0.000000595. The zero-order valence-electron chi connectivity index (χ0n) is 12.8. The van der Waals surface area contributed by atoms with E-state index in [9.17, 15) is 9.18 Å². The Morgan fingerprint density at radius 3 is 2.43 bits per heavy atom. The number of carbonyl (C=O) groups is 1. The summed E-state index contributed by atoms with van der Waals surface area (Å²) in [6.07, 6.45) is 0. The lowest BCUT2D eigenvalue weighted by Crippen LogP contribution is -1.96. The third-order valence-corrected chi connectivity index (χ3v) is 3.06. The molecule has 118 valence electrons. The van der Waals surface area contributed by atoms with E-state index in [1.807, 2.05) is 6.07 Å². The second-order valence-electron chi connectivity index (χ2n) is 4.83. The predicted octanol–water partition coefficient (Wildman–Crippen LogP) is 4.00. The van der Waals surface area contributed by atoms with Gasteiger partial charge in [-0.2, -0.15) is 0 Å². The lowest BCUT2D eigenvalue weighted by Gasteiger charge is -2.04. The molecule has 0 fully saturated rings. The molecule has 1 aromatic heterocycles. The predicted molar refractivity (Wildman–Crippen MR) is 87.0 cm³/mol. The number of hydrogen-bond acceptors (Lipinski definition) is 3. The number of aromatic nitrogens is 1. The van der Waals surface area contributed by atoms with Crippen molar-refractivity contribution in [1.82, 2.24) is 4.98 Å². The van der Waals surface area contributed by atoms with Crippen LogP contribution in [0.5, 0.6) is 0 Å². The zero-order chi connectivity index (χ0) is 16.8. The van der Waals surface area contributed by atoms with Crippen molar-refractivity contribution in [2.75, 3.05) is 14.2 Å². The van der Waals surface area contributed by atoms with Crippen molar-refractivity contribution in [1.29, 1.82) is 0 Å². The third kappa shape index (κ3) is 4.11. The lowest BCUT2D eigenvalue weighted by atomic mass is 10.1.